The van der Waals surface area contributed by atoms with E-state index < -0.39 is 11.7 Å². The predicted octanol–water partition coefficient (Wildman–Crippen LogP) is 2.40. The van der Waals surface area contributed by atoms with Crippen LogP contribution in [0.5, 0.6) is 0 Å². The molecule has 6 nitrogen and oxygen atoms in total. The van der Waals surface area contributed by atoms with Gasteiger partial charge in [-0.25, -0.2) is 14.8 Å². The zero-order chi connectivity index (χ0) is 13.1. The van der Waals surface area contributed by atoms with Crippen molar-refractivity contribution in [3.05, 3.63) is 16.5 Å². The fourth-order valence-corrected chi connectivity index (χ4v) is 1.25. The van der Waals surface area contributed by atoms with Crippen LogP contribution < -0.4 is 5.32 Å². The summed E-state index contributed by atoms with van der Waals surface area (Å²) in [4.78, 5) is 29.9. The smallest absolute Gasteiger partial charge is 0.413 e. The standard InChI is InChI=1S/C10H12BrN3O3/c1-10(2,3)17-9(16)14-8-6(5-15)13-7(11)4-12-8/h4-5H,1-3H3,(H,12,14,16). The van der Waals surface area contributed by atoms with Gasteiger partial charge in [-0.2, -0.15) is 0 Å². The van der Waals surface area contributed by atoms with Gasteiger partial charge in [0, 0.05) is 0 Å². The van der Waals surface area contributed by atoms with Crippen LogP contribution in [0.4, 0.5) is 10.6 Å². The lowest BCUT2D eigenvalue weighted by Crippen LogP contribution is -2.28. The molecule has 0 fully saturated rings. The summed E-state index contributed by atoms with van der Waals surface area (Å²) in [5, 5.41) is 2.36. The molecule has 0 aliphatic rings. The molecule has 0 aliphatic heterocycles. The highest BCUT2D eigenvalue weighted by Gasteiger charge is 2.18. The predicted molar refractivity (Wildman–Crippen MR) is 65.0 cm³/mol. The largest absolute Gasteiger partial charge is 0.444 e. The molecule has 92 valence electrons. The summed E-state index contributed by atoms with van der Waals surface area (Å²) in [6.07, 6.45) is 1.20. The number of nitrogens with one attached hydrogen (secondary N) is 1. The average molecular weight is 302 g/mol. The number of aromatic nitrogens is 2. The molecular formula is C10H12BrN3O3. The first-order chi connectivity index (χ1) is 7.81. The minimum Gasteiger partial charge on any atom is -0.444 e. The molecule has 7 heteroatoms. The zero-order valence-corrected chi connectivity index (χ0v) is 11.2. The Morgan fingerprint density at radius 3 is 2.71 bits per heavy atom. The molecule has 1 amide bonds. The van der Waals surface area contributed by atoms with Crippen LogP contribution in [-0.2, 0) is 4.74 Å². The summed E-state index contributed by atoms with van der Waals surface area (Å²) in [5.41, 5.74) is -0.584. The van der Waals surface area contributed by atoms with E-state index in [0.29, 0.717) is 10.9 Å². The van der Waals surface area contributed by atoms with Gasteiger partial charge in [0.1, 0.15) is 15.9 Å². The lowest BCUT2D eigenvalue weighted by atomic mass is 10.2. The van der Waals surface area contributed by atoms with E-state index in [1.807, 2.05) is 0 Å². The highest BCUT2D eigenvalue weighted by Crippen LogP contribution is 2.14. The SMILES string of the molecule is CC(C)(C)OC(=O)Nc1ncc(Br)nc1C=O. The Kier molecular flexibility index (Phi) is 4.17. The number of anilines is 1. The van der Waals surface area contributed by atoms with Crippen molar-refractivity contribution in [3.63, 3.8) is 0 Å². The molecular weight excluding hydrogens is 290 g/mol. The molecule has 0 radical (unpaired) electrons. The lowest BCUT2D eigenvalue weighted by Gasteiger charge is -2.19. The molecule has 1 heterocycles. The molecule has 0 aliphatic carbocycles. The van der Waals surface area contributed by atoms with Gasteiger partial charge in [0.25, 0.3) is 0 Å². The maximum absolute atomic E-state index is 11.5. The number of ether oxygens (including phenoxy) is 1. The molecule has 0 spiro atoms. The Balaban J connectivity index is 2.81. The first kappa shape index (κ1) is 13.6. The van der Waals surface area contributed by atoms with E-state index in [0.717, 1.165) is 0 Å². The molecule has 1 N–H and O–H groups in total. The van der Waals surface area contributed by atoms with E-state index in [2.05, 4.69) is 31.2 Å². The van der Waals surface area contributed by atoms with Gasteiger partial charge in [-0.3, -0.25) is 10.1 Å². The van der Waals surface area contributed by atoms with E-state index in [9.17, 15) is 9.59 Å². The Hall–Kier alpha value is -1.50. The van der Waals surface area contributed by atoms with Gasteiger partial charge >= 0.3 is 6.09 Å². The number of amides is 1. The number of carbonyl (C=O) groups is 2. The summed E-state index contributed by atoms with van der Waals surface area (Å²) >= 11 is 3.08. The number of halogens is 1. The molecule has 0 saturated carbocycles. The molecule has 1 aromatic rings. The molecule has 17 heavy (non-hydrogen) atoms. The number of aldehydes is 1. The second kappa shape index (κ2) is 5.22. The summed E-state index contributed by atoms with van der Waals surface area (Å²) in [6, 6.07) is 0. The van der Waals surface area contributed by atoms with E-state index >= 15 is 0 Å². The fourth-order valence-electron chi connectivity index (χ4n) is 0.960. The van der Waals surface area contributed by atoms with E-state index in [1.165, 1.54) is 6.20 Å². The average Bonchev–Trinajstić information content (AvgIpc) is 2.17. The summed E-state index contributed by atoms with van der Waals surface area (Å²) in [7, 11) is 0. The van der Waals surface area contributed by atoms with Crippen molar-refractivity contribution >= 4 is 34.1 Å². The Morgan fingerprint density at radius 1 is 1.53 bits per heavy atom. The topological polar surface area (TPSA) is 81.2 Å². The van der Waals surface area contributed by atoms with Crippen molar-refractivity contribution in [2.45, 2.75) is 26.4 Å². The summed E-state index contributed by atoms with van der Waals surface area (Å²) in [6.45, 7) is 5.21. The number of rotatable bonds is 2. The van der Waals surface area contributed by atoms with Crippen molar-refractivity contribution in [2.24, 2.45) is 0 Å². The Labute approximate surface area is 107 Å². The van der Waals surface area contributed by atoms with Gasteiger partial charge in [-0.1, -0.05) is 0 Å². The van der Waals surface area contributed by atoms with Crippen LogP contribution in [0.15, 0.2) is 10.8 Å². The quantitative estimate of drug-likeness (QED) is 0.848. The van der Waals surface area contributed by atoms with Crippen LogP contribution in [0.1, 0.15) is 31.3 Å². The fraction of sp³-hybridized carbons (Fsp3) is 0.400. The van der Waals surface area contributed by atoms with Crippen LogP contribution >= 0.6 is 15.9 Å². The van der Waals surface area contributed by atoms with E-state index in [1.54, 1.807) is 20.8 Å². The number of hydrogen-bond donors (Lipinski definition) is 1. The first-order valence-corrected chi connectivity index (χ1v) is 5.59. The molecule has 1 rings (SSSR count). The molecule has 0 atom stereocenters. The van der Waals surface area contributed by atoms with E-state index in [-0.39, 0.29) is 11.5 Å². The molecule has 0 saturated heterocycles. The second-order valence-electron chi connectivity index (χ2n) is 4.17. The van der Waals surface area contributed by atoms with Gasteiger partial charge in [0.15, 0.2) is 12.1 Å². The monoisotopic (exact) mass is 301 g/mol. The minimum atomic E-state index is -0.683. The third kappa shape index (κ3) is 4.48. The van der Waals surface area contributed by atoms with Crippen molar-refractivity contribution in [1.82, 2.24) is 9.97 Å². The van der Waals surface area contributed by atoms with Crippen molar-refractivity contribution in [1.29, 1.82) is 0 Å². The van der Waals surface area contributed by atoms with Gasteiger partial charge in [0.05, 0.1) is 6.20 Å². The third-order valence-corrected chi connectivity index (χ3v) is 1.88. The number of hydrogen-bond acceptors (Lipinski definition) is 5. The van der Waals surface area contributed by atoms with Crippen LogP contribution in [0.25, 0.3) is 0 Å². The summed E-state index contributed by atoms with van der Waals surface area (Å²) < 4.78 is 5.44. The van der Waals surface area contributed by atoms with Crippen LogP contribution in [0, 0.1) is 0 Å². The van der Waals surface area contributed by atoms with Crippen molar-refractivity contribution < 1.29 is 14.3 Å². The number of carbonyl (C=O) groups excluding carboxylic acids is 2. The Bertz CT molecular complexity index is 443. The summed E-state index contributed by atoms with van der Waals surface area (Å²) in [5.74, 6) is 0.0671. The van der Waals surface area contributed by atoms with Gasteiger partial charge in [0.2, 0.25) is 0 Å². The molecule has 0 unspecified atom stereocenters. The molecule has 0 aromatic carbocycles. The maximum Gasteiger partial charge on any atom is 0.413 e. The van der Waals surface area contributed by atoms with Crippen molar-refractivity contribution in [3.8, 4) is 0 Å². The molecule has 0 bridgehead atoms. The van der Waals surface area contributed by atoms with Crippen LogP contribution in [0.3, 0.4) is 0 Å². The normalized spacial score (nSPS) is 10.8. The van der Waals surface area contributed by atoms with E-state index in [4.69, 9.17) is 4.74 Å². The highest BCUT2D eigenvalue weighted by molar-refractivity contribution is 9.10. The maximum atomic E-state index is 11.5. The minimum absolute atomic E-state index is 0.0326. The van der Waals surface area contributed by atoms with Crippen molar-refractivity contribution in [2.75, 3.05) is 5.32 Å². The van der Waals surface area contributed by atoms with Crippen LogP contribution in [-0.4, -0.2) is 27.9 Å². The van der Waals surface area contributed by atoms with Gasteiger partial charge < -0.3 is 4.74 Å². The zero-order valence-electron chi connectivity index (χ0n) is 9.65. The third-order valence-electron chi connectivity index (χ3n) is 1.50. The molecule has 1 aromatic heterocycles. The van der Waals surface area contributed by atoms with Crippen LogP contribution in [0.2, 0.25) is 0 Å². The first-order valence-electron chi connectivity index (χ1n) is 4.79. The lowest BCUT2D eigenvalue weighted by molar-refractivity contribution is 0.0635. The van der Waals surface area contributed by atoms with Gasteiger partial charge in [-0.05, 0) is 36.7 Å². The second-order valence-corrected chi connectivity index (χ2v) is 4.98. The number of nitrogens with zero attached hydrogens (tertiary/aromatic N) is 2. The Morgan fingerprint density at radius 2 is 2.18 bits per heavy atom. The highest BCUT2D eigenvalue weighted by atomic mass is 79.9. The van der Waals surface area contributed by atoms with Gasteiger partial charge in [-0.15, -0.1) is 0 Å².